The molecule has 0 aliphatic carbocycles. The number of aromatic nitrogens is 2. The van der Waals surface area contributed by atoms with Crippen molar-refractivity contribution in [2.45, 2.75) is 20.4 Å². The quantitative estimate of drug-likeness (QED) is 0.741. The van der Waals surface area contributed by atoms with Crippen molar-refractivity contribution in [1.82, 2.24) is 14.7 Å². The van der Waals surface area contributed by atoms with Crippen molar-refractivity contribution in [2.75, 3.05) is 18.9 Å². The molecule has 0 atom stereocenters. The lowest BCUT2D eigenvalue weighted by Gasteiger charge is -2.17. The molecule has 0 aliphatic rings. The Hall–Kier alpha value is -2.92. The second-order valence-corrected chi connectivity index (χ2v) is 6.62. The van der Waals surface area contributed by atoms with Crippen LogP contribution in [0.2, 0.25) is 0 Å². The molecule has 134 valence electrons. The van der Waals surface area contributed by atoms with Gasteiger partial charge < -0.3 is 5.32 Å². The molecule has 0 saturated carbocycles. The molecular weight excluding hydrogens is 324 g/mol. The molecule has 2 aromatic carbocycles. The molecule has 5 nitrogen and oxygen atoms in total. The number of benzene rings is 2. The number of carbonyl (C=O) groups is 1. The lowest BCUT2D eigenvalue weighted by Crippen LogP contribution is -2.30. The van der Waals surface area contributed by atoms with Crippen molar-refractivity contribution < 1.29 is 4.79 Å². The first-order valence-corrected chi connectivity index (χ1v) is 8.66. The second kappa shape index (κ2) is 7.97. The summed E-state index contributed by atoms with van der Waals surface area (Å²) in [6.45, 7) is 4.99. The fourth-order valence-corrected chi connectivity index (χ4v) is 2.97. The zero-order valence-corrected chi connectivity index (χ0v) is 15.4. The van der Waals surface area contributed by atoms with Gasteiger partial charge in [0.2, 0.25) is 5.91 Å². The standard InChI is InChI=1S/C21H24N4O/c1-16-8-7-9-17(2)21(16)23-20(26)15-24(3)13-18-12-22-25(14-18)19-10-5-4-6-11-19/h4-12,14H,13,15H2,1-3H3,(H,23,26). The summed E-state index contributed by atoms with van der Waals surface area (Å²) in [5, 5.41) is 7.42. The van der Waals surface area contributed by atoms with Crippen LogP contribution in [0.4, 0.5) is 5.69 Å². The first kappa shape index (κ1) is 17.9. The SMILES string of the molecule is Cc1cccc(C)c1NC(=O)CN(C)Cc1cnn(-c2ccccc2)c1. The van der Waals surface area contributed by atoms with Crippen molar-refractivity contribution in [3.8, 4) is 5.69 Å². The molecular formula is C21H24N4O. The van der Waals surface area contributed by atoms with E-state index in [4.69, 9.17) is 0 Å². The van der Waals surface area contributed by atoms with Crippen LogP contribution in [-0.4, -0.2) is 34.2 Å². The van der Waals surface area contributed by atoms with E-state index >= 15 is 0 Å². The van der Waals surface area contributed by atoms with Gasteiger partial charge in [0.1, 0.15) is 0 Å². The largest absolute Gasteiger partial charge is 0.324 e. The van der Waals surface area contributed by atoms with Crippen molar-refractivity contribution in [3.63, 3.8) is 0 Å². The smallest absolute Gasteiger partial charge is 0.238 e. The molecule has 0 bridgehead atoms. The molecule has 0 saturated heterocycles. The van der Waals surface area contributed by atoms with E-state index in [1.165, 1.54) is 0 Å². The third-order valence-electron chi connectivity index (χ3n) is 4.27. The minimum absolute atomic E-state index is 0.0136. The Morgan fingerprint density at radius 1 is 1.08 bits per heavy atom. The molecule has 1 heterocycles. The van der Waals surface area contributed by atoms with Gasteiger partial charge in [0, 0.05) is 24.0 Å². The van der Waals surface area contributed by atoms with Crippen LogP contribution >= 0.6 is 0 Å². The molecule has 1 N–H and O–H groups in total. The van der Waals surface area contributed by atoms with Gasteiger partial charge in [0.15, 0.2) is 0 Å². The molecule has 5 heteroatoms. The molecule has 26 heavy (non-hydrogen) atoms. The Balaban J connectivity index is 1.58. The number of hydrogen-bond donors (Lipinski definition) is 1. The van der Waals surface area contributed by atoms with Crippen LogP contribution in [0, 0.1) is 13.8 Å². The van der Waals surface area contributed by atoms with Gasteiger partial charge >= 0.3 is 0 Å². The summed E-state index contributed by atoms with van der Waals surface area (Å²) in [5.41, 5.74) is 5.14. The van der Waals surface area contributed by atoms with Gasteiger partial charge in [-0.05, 0) is 44.2 Å². The molecule has 0 spiro atoms. The van der Waals surface area contributed by atoms with Gasteiger partial charge in [-0.15, -0.1) is 0 Å². The van der Waals surface area contributed by atoms with Gasteiger partial charge in [-0.25, -0.2) is 4.68 Å². The number of rotatable bonds is 6. The van der Waals surface area contributed by atoms with Crippen LogP contribution in [0.5, 0.6) is 0 Å². The highest BCUT2D eigenvalue weighted by atomic mass is 16.2. The Kier molecular flexibility index (Phi) is 5.49. The Morgan fingerprint density at radius 2 is 1.77 bits per heavy atom. The van der Waals surface area contributed by atoms with Crippen LogP contribution < -0.4 is 5.32 Å². The van der Waals surface area contributed by atoms with Gasteiger partial charge in [0.25, 0.3) is 0 Å². The number of amides is 1. The highest BCUT2D eigenvalue weighted by molar-refractivity contribution is 5.93. The minimum atomic E-state index is -0.0136. The summed E-state index contributed by atoms with van der Waals surface area (Å²) in [5.74, 6) is -0.0136. The third-order valence-corrected chi connectivity index (χ3v) is 4.27. The van der Waals surface area contributed by atoms with Crippen LogP contribution in [-0.2, 0) is 11.3 Å². The Bertz CT molecular complexity index is 866. The molecule has 1 aromatic heterocycles. The van der Waals surface area contributed by atoms with Crippen LogP contribution in [0.3, 0.4) is 0 Å². The van der Waals surface area contributed by atoms with E-state index in [-0.39, 0.29) is 5.91 Å². The molecule has 0 fully saturated rings. The van der Waals surface area contributed by atoms with E-state index in [1.54, 1.807) is 0 Å². The van der Waals surface area contributed by atoms with Crippen LogP contribution in [0.1, 0.15) is 16.7 Å². The van der Waals surface area contributed by atoms with E-state index in [0.717, 1.165) is 28.1 Å². The molecule has 0 radical (unpaired) electrons. The molecule has 0 unspecified atom stereocenters. The summed E-state index contributed by atoms with van der Waals surface area (Å²) >= 11 is 0. The second-order valence-electron chi connectivity index (χ2n) is 6.62. The Morgan fingerprint density at radius 3 is 2.46 bits per heavy atom. The van der Waals surface area contributed by atoms with Crippen molar-refractivity contribution in [2.24, 2.45) is 0 Å². The monoisotopic (exact) mass is 348 g/mol. The van der Waals surface area contributed by atoms with E-state index in [1.807, 2.05) is 91.4 Å². The van der Waals surface area contributed by atoms with E-state index in [2.05, 4.69) is 10.4 Å². The number of hydrogen-bond acceptors (Lipinski definition) is 3. The van der Waals surface area contributed by atoms with Crippen molar-refractivity contribution in [3.05, 3.63) is 77.6 Å². The predicted molar refractivity (Wildman–Crippen MR) is 104 cm³/mol. The third kappa shape index (κ3) is 4.37. The molecule has 0 aliphatic heterocycles. The van der Waals surface area contributed by atoms with Crippen LogP contribution in [0.15, 0.2) is 60.9 Å². The van der Waals surface area contributed by atoms with E-state index < -0.39 is 0 Å². The minimum Gasteiger partial charge on any atom is -0.324 e. The highest BCUT2D eigenvalue weighted by Gasteiger charge is 2.11. The zero-order chi connectivity index (χ0) is 18.5. The predicted octanol–water partition coefficient (Wildman–Crippen LogP) is 3.56. The lowest BCUT2D eigenvalue weighted by molar-refractivity contribution is -0.117. The maximum Gasteiger partial charge on any atom is 0.238 e. The van der Waals surface area contributed by atoms with Crippen molar-refractivity contribution >= 4 is 11.6 Å². The van der Waals surface area contributed by atoms with Gasteiger partial charge in [-0.2, -0.15) is 5.10 Å². The zero-order valence-electron chi connectivity index (χ0n) is 15.4. The summed E-state index contributed by atoms with van der Waals surface area (Å²) in [6, 6.07) is 16.0. The Labute approximate surface area is 154 Å². The summed E-state index contributed by atoms with van der Waals surface area (Å²) in [6.07, 6.45) is 3.84. The fraction of sp³-hybridized carbons (Fsp3) is 0.238. The van der Waals surface area contributed by atoms with Crippen LogP contribution in [0.25, 0.3) is 5.69 Å². The lowest BCUT2D eigenvalue weighted by atomic mass is 10.1. The maximum atomic E-state index is 12.4. The maximum absolute atomic E-state index is 12.4. The molecule has 3 rings (SSSR count). The summed E-state index contributed by atoms with van der Waals surface area (Å²) in [7, 11) is 1.93. The number of para-hydroxylation sites is 2. The van der Waals surface area contributed by atoms with Gasteiger partial charge in [-0.3, -0.25) is 9.69 Å². The average molecular weight is 348 g/mol. The number of anilines is 1. The fourth-order valence-electron chi connectivity index (χ4n) is 2.97. The number of carbonyl (C=O) groups excluding carboxylic acids is 1. The number of likely N-dealkylation sites (N-methyl/N-ethyl adjacent to an activating group) is 1. The van der Waals surface area contributed by atoms with E-state index in [9.17, 15) is 4.79 Å². The molecule has 1 amide bonds. The normalized spacial score (nSPS) is 10.9. The van der Waals surface area contributed by atoms with E-state index in [0.29, 0.717) is 13.1 Å². The van der Waals surface area contributed by atoms with Gasteiger partial charge in [-0.1, -0.05) is 36.4 Å². The average Bonchev–Trinajstić information content (AvgIpc) is 3.07. The highest BCUT2D eigenvalue weighted by Crippen LogP contribution is 2.19. The first-order chi connectivity index (χ1) is 12.5. The topological polar surface area (TPSA) is 50.2 Å². The van der Waals surface area contributed by atoms with Crippen molar-refractivity contribution in [1.29, 1.82) is 0 Å². The first-order valence-electron chi connectivity index (χ1n) is 8.66. The number of nitrogens with zero attached hydrogens (tertiary/aromatic N) is 3. The number of nitrogens with one attached hydrogen (secondary N) is 1. The summed E-state index contributed by atoms with van der Waals surface area (Å²) < 4.78 is 1.85. The summed E-state index contributed by atoms with van der Waals surface area (Å²) in [4.78, 5) is 14.4. The number of aryl methyl sites for hydroxylation is 2. The molecule has 3 aromatic rings. The van der Waals surface area contributed by atoms with Gasteiger partial charge in [0.05, 0.1) is 18.4 Å².